The van der Waals surface area contributed by atoms with E-state index < -0.39 is 0 Å². The van der Waals surface area contributed by atoms with Crippen LogP contribution in [0.4, 0.5) is 0 Å². The molecule has 0 N–H and O–H groups in total. The van der Waals surface area contributed by atoms with E-state index in [1.165, 1.54) is 27.8 Å². The molecule has 0 bridgehead atoms. The largest absolute Gasteiger partial charge is 0.455 e. The fraction of sp³-hybridized carbons (Fsp3) is 0.108. The van der Waals surface area contributed by atoms with Gasteiger partial charge in [-0.05, 0) is 60.7 Å². The van der Waals surface area contributed by atoms with Crippen molar-refractivity contribution in [2.45, 2.75) is 27.7 Å². The van der Waals surface area contributed by atoms with E-state index in [-0.39, 0.29) is 20.1 Å². The summed E-state index contributed by atoms with van der Waals surface area (Å²) in [5, 5.41) is 2.15. The third kappa shape index (κ3) is 6.08. The van der Waals surface area contributed by atoms with Crippen LogP contribution >= 0.6 is 0 Å². The van der Waals surface area contributed by atoms with Gasteiger partial charge in [-0.25, -0.2) is 0 Å². The first-order valence-corrected chi connectivity index (χ1v) is 13.6. The van der Waals surface area contributed by atoms with Crippen LogP contribution in [0.15, 0.2) is 108 Å². The summed E-state index contributed by atoms with van der Waals surface area (Å²) >= 11 is 0. The Kier molecular flexibility index (Phi) is 8.72. The molecule has 4 heterocycles. The van der Waals surface area contributed by atoms with E-state index in [2.05, 4.69) is 96.4 Å². The molecule has 42 heavy (non-hydrogen) atoms. The normalized spacial score (nSPS) is 10.7. The molecule has 0 unspecified atom stereocenters. The Balaban J connectivity index is 0.000000164. The van der Waals surface area contributed by atoms with E-state index >= 15 is 0 Å². The van der Waals surface area contributed by atoms with Crippen molar-refractivity contribution in [3.8, 4) is 33.8 Å². The smallest absolute Gasteiger partial charge is 0.151 e. The number of nitrogens with zero attached hydrogens (tertiary/aromatic N) is 3. The van der Waals surface area contributed by atoms with Crippen molar-refractivity contribution in [1.29, 1.82) is 0 Å². The summed E-state index contributed by atoms with van der Waals surface area (Å²) in [7, 11) is 0. The van der Waals surface area contributed by atoms with Gasteiger partial charge in [-0.1, -0.05) is 78.7 Å². The maximum Gasteiger partial charge on any atom is 0.151 e. The van der Waals surface area contributed by atoms with Gasteiger partial charge in [0, 0.05) is 37.1 Å². The number of aryl methyl sites for hydroxylation is 4. The zero-order valence-electron chi connectivity index (χ0n) is 23.9. The number of para-hydroxylation sites is 1. The number of pyridine rings is 3. The number of fused-ring (bicyclic) bond motifs is 3. The van der Waals surface area contributed by atoms with Crippen molar-refractivity contribution in [1.82, 2.24) is 15.0 Å². The Morgan fingerprint density at radius 3 is 2.19 bits per heavy atom. The number of rotatable bonds is 3. The topological polar surface area (TPSA) is 51.8 Å². The second-order valence-corrected chi connectivity index (χ2v) is 10.2. The number of benzene rings is 3. The minimum Gasteiger partial charge on any atom is -0.455 e. The third-order valence-corrected chi connectivity index (χ3v) is 7.23. The summed E-state index contributed by atoms with van der Waals surface area (Å²) in [6, 6.07) is 37.1. The average Bonchev–Trinajstić information content (AvgIpc) is 3.38. The molecule has 7 rings (SSSR count). The van der Waals surface area contributed by atoms with Crippen molar-refractivity contribution >= 4 is 21.9 Å². The van der Waals surface area contributed by atoms with E-state index in [4.69, 9.17) is 4.42 Å². The molecule has 3 aromatic carbocycles. The quantitative estimate of drug-likeness (QED) is 0.171. The molecule has 4 aromatic heterocycles. The van der Waals surface area contributed by atoms with Gasteiger partial charge in [0.15, 0.2) is 5.58 Å². The number of aromatic nitrogens is 3. The van der Waals surface area contributed by atoms with Crippen LogP contribution in [0.3, 0.4) is 0 Å². The number of furan rings is 1. The monoisotopic (exact) mass is 724 g/mol. The molecule has 0 aliphatic rings. The van der Waals surface area contributed by atoms with E-state index in [1.54, 1.807) is 6.20 Å². The van der Waals surface area contributed by atoms with Crippen molar-refractivity contribution in [3.63, 3.8) is 0 Å². The van der Waals surface area contributed by atoms with Gasteiger partial charge in [0.1, 0.15) is 5.58 Å². The summed E-state index contributed by atoms with van der Waals surface area (Å²) in [6.45, 7) is 8.28. The van der Waals surface area contributed by atoms with Crippen molar-refractivity contribution in [2.75, 3.05) is 0 Å². The van der Waals surface area contributed by atoms with Gasteiger partial charge < -0.3 is 14.4 Å². The van der Waals surface area contributed by atoms with Crippen LogP contribution in [-0.2, 0) is 20.1 Å². The maximum atomic E-state index is 5.77. The number of hydrogen-bond donors (Lipinski definition) is 0. The standard InChI is InChI=1S/C20H18N.C17H11N2O.Ir/c1-14-9-10-18(20-11-15(2)16(3)13-21-20)12-19(14)17-7-5-4-6-8-17;1-11-5-4-7-14(19-11)15-9-13-12-6-2-3-8-16(12)20-17(13)10-18-15;/h4-9,11-13H,1-3H3;2-6,8-10H,1H3;/q2*-1;. The summed E-state index contributed by atoms with van der Waals surface area (Å²) in [5.41, 5.74) is 12.4. The Morgan fingerprint density at radius 2 is 1.40 bits per heavy atom. The van der Waals surface area contributed by atoms with Crippen LogP contribution in [0, 0.1) is 39.8 Å². The predicted octanol–water partition coefficient (Wildman–Crippen LogP) is 9.29. The second kappa shape index (κ2) is 12.6. The Bertz CT molecular complexity index is 2000. The molecule has 0 fully saturated rings. The third-order valence-electron chi connectivity index (χ3n) is 7.23. The summed E-state index contributed by atoms with van der Waals surface area (Å²) in [6.07, 6.45) is 3.68. The van der Waals surface area contributed by atoms with Crippen LogP contribution in [-0.4, -0.2) is 15.0 Å². The molecule has 0 amide bonds. The van der Waals surface area contributed by atoms with Crippen LogP contribution in [0.1, 0.15) is 22.4 Å². The Hall–Kier alpha value is -4.44. The van der Waals surface area contributed by atoms with E-state index in [9.17, 15) is 0 Å². The van der Waals surface area contributed by atoms with E-state index in [0.717, 1.165) is 50.3 Å². The van der Waals surface area contributed by atoms with Gasteiger partial charge in [-0.15, -0.1) is 35.4 Å². The first kappa shape index (κ1) is 29.1. The predicted molar refractivity (Wildman–Crippen MR) is 166 cm³/mol. The van der Waals surface area contributed by atoms with E-state index in [0.29, 0.717) is 0 Å². The first-order chi connectivity index (χ1) is 20.0. The molecule has 7 aromatic rings. The van der Waals surface area contributed by atoms with E-state index in [1.807, 2.05) is 55.6 Å². The van der Waals surface area contributed by atoms with Crippen LogP contribution < -0.4 is 0 Å². The molecule has 0 spiro atoms. The first-order valence-electron chi connectivity index (χ1n) is 13.6. The van der Waals surface area contributed by atoms with Crippen molar-refractivity contribution in [2.24, 2.45) is 0 Å². The van der Waals surface area contributed by atoms with Crippen LogP contribution in [0.5, 0.6) is 0 Å². The van der Waals surface area contributed by atoms with Gasteiger partial charge in [-0.2, -0.15) is 12.1 Å². The molecular formula is C37H29IrN3O-2. The zero-order chi connectivity index (χ0) is 28.3. The Labute approximate surface area is 259 Å². The molecule has 4 nitrogen and oxygen atoms in total. The summed E-state index contributed by atoms with van der Waals surface area (Å²) in [4.78, 5) is 13.4. The van der Waals surface area contributed by atoms with Crippen LogP contribution in [0.25, 0.3) is 55.7 Å². The molecule has 0 aliphatic carbocycles. The number of hydrogen-bond acceptors (Lipinski definition) is 4. The van der Waals surface area contributed by atoms with Crippen molar-refractivity contribution in [3.05, 3.63) is 138 Å². The van der Waals surface area contributed by atoms with Gasteiger partial charge in [0.2, 0.25) is 0 Å². The van der Waals surface area contributed by atoms with Gasteiger partial charge in [0.05, 0.1) is 6.20 Å². The molecule has 0 aliphatic heterocycles. The Morgan fingerprint density at radius 1 is 0.643 bits per heavy atom. The zero-order valence-corrected chi connectivity index (χ0v) is 26.3. The molecule has 0 saturated carbocycles. The fourth-order valence-electron chi connectivity index (χ4n) is 4.79. The van der Waals surface area contributed by atoms with Gasteiger partial charge in [0.25, 0.3) is 0 Å². The summed E-state index contributed by atoms with van der Waals surface area (Å²) in [5.74, 6) is 0. The molecule has 209 valence electrons. The molecule has 0 atom stereocenters. The second-order valence-electron chi connectivity index (χ2n) is 10.2. The summed E-state index contributed by atoms with van der Waals surface area (Å²) < 4.78 is 5.77. The minimum atomic E-state index is 0. The molecule has 5 heteroatoms. The fourth-order valence-corrected chi connectivity index (χ4v) is 4.79. The molecular weight excluding hydrogens is 695 g/mol. The van der Waals surface area contributed by atoms with Crippen molar-refractivity contribution < 1.29 is 24.5 Å². The molecule has 0 saturated heterocycles. The minimum absolute atomic E-state index is 0. The molecule has 1 radical (unpaired) electrons. The van der Waals surface area contributed by atoms with Gasteiger partial charge >= 0.3 is 0 Å². The SMILES string of the molecule is Cc1cc[c-]c(-c2cc3c(cn2)oc2ccccc23)n1.Cc1cnc(-c2[c-]cc(C)c(-c3ccccc3)c2)cc1C.[Ir]. The maximum absolute atomic E-state index is 5.77. The van der Waals surface area contributed by atoms with Gasteiger partial charge in [-0.3, -0.25) is 4.98 Å². The van der Waals surface area contributed by atoms with Crippen LogP contribution in [0.2, 0.25) is 0 Å². The average molecular weight is 724 g/mol.